The highest BCUT2D eigenvalue weighted by Gasteiger charge is 2.30. The molecule has 0 N–H and O–H groups in total. The van der Waals surface area contributed by atoms with E-state index in [4.69, 9.17) is 4.98 Å². The van der Waals surface area contributed by atoms with Gasteiger partial charge in [-0.1, -0.05) is 12.1 Å². The van der Waals surface area contributed by atoms with Crippen LogP contribution in [0.3, 0.4) is 0 Å². The maximum Gasteiger partial charge on any atom is 0.235 e. The van der Waals surface area contributed by atoms with Crippen LogP contribution in [0.4, 0.5) is 0 Å². The van der Waals surface area contributed by atoms with Crippen LogP contribution in [0.2, 0.25) is 0 Å². The lowest BCUT2D eigenvalue weighted by molar-refractivity contribution is -0.132. The maximum atomic E-state index is 12.5. The van der Waals surface area contributed by atoms with Gasteiger partial charge in [0.1, 0.15) is 5.01 Å². The molecule has 0 aliphatic carbocycles. The molecule has 4 rings (SSSR count). The number of fused-ring (bicyclic) bond motifs is 1. The normalized spacial score (nSPS) is 22.8. The molecule has 0 saturated carbocycles. The summed E-state index contributed by atoms with van der Waals surface area (Å²) in [6.45, 7) is 4.54. The van der Waals surface area contributed by atoms with Gasteiger partial charge in [-0.25, -0.2) is 4.98 Å². The first-order chi connectivity index (χ1) is 11.3. The molecule has 2 fully saturated rings. The van der Waals surface area contributed by atoms with Crippen molar-refractivity contribution in [1.82, 2.24) is 14.8 Å². The summed E-state index contributed by atoms with van der Waals surface area (Å²) in [6.07, 6.45) is 2.26. The van der Waals surface area contributed by atoms with E-state index >= 15 is 0 Å². The van der Waals surface area contributed by atoms with Gasteiger partial charge in [0, 0.05) is 26.2 Å². The van der Waals surface area contributed by atoms with Gasteiger partial charge in [0.15, 0.2) is 0 Å². The number of thioether (sulfide) groups is 1. The fraction of sp³-hybridized carbons (Fsp3) is 0.529. The van der Waals surface area contributed by atoms with Crippen molar-refractivity contribution < 1.29 is 4.79 Å². The number of piperazine rings is 1. The van der Waals surface area contributed by atoms with Crippen LogP contribution >= 0.6 is 23.1 Å². The number of hydrogen-bond acceptors (Lipinski definition) is 5. The Morgan fingerprint density at radius 1 is 1.22 bits per heavy atom. The Morgan fingerprint density at radius 3 is 2.78 bits per heavy atom. The molecule has 0 spiro atoms. The Kier molecular flexibility index (Phi) is 4.55. The predicted molar refractivity (Wildman–Crippen MR) is 97.0 cm³/mol. The summed E-state index contributed by atoms with van der Waals surface area (Å²) in [7, 11) is 0. The highest BCUT2D eigenvalue weighted by Crippen LogP contribution is 2.28. The smallest absolute Gasteiger partial charge is 0.235 e. The molecule has 1 aromatic heterocycles. The third-order valence-electron chi connectivity index (χ3n) is 4.59. The average Bonchev–Trinajstić information content (AvgIpc) is 3.24. The molecular weight excluding hydrogens is 326 g/mol. The Labute approximate surface area is 144 Å². The molecule has 2 aliphatic rings. The van der Waals surface area contributed by atoms with Gasteiger partial charge in [-0.05, 0) is 30.7 Å². The van der Waals surface area contributed by atoms with Crippen molar-refractivity contribution in [1.29, 1.82) is 0 Å². The van der Waals surface area contributed by atoms with Gasteiger partial charge < -0.3 is 4.90 Å². The van der Waals surface area contributed by atoms with Gasteiger partial charge in [0.25, 0.3) is 0 Å². The van der Waals surface area contributed by atoms with Crippen LogP contribution in [0.25, 0.3) is 10.2 Å². The van der Waals surface area contributed by atoms with E-state index in [1.807, 2.05) is 17.8 Å². The molecule has 0 bridgehead atoms. The molecule has 23 heavy (non-hydrogen) atoms. The highest BCUT2D eigenvalue weighted by atomic mass is 32.2. The minimum absolute atomic E-state index is 0.228. The van der Waals surface area contributed by atoms with Crippen LogP contribution in [0, 0.1) is 0 Å². The van der Waals surface area contributed by atoms with E-state index in [9.17, 15) is 4.79 Å². The van der Waals surface area contributed by atoms with Crippen molar-refractivity contribution >= 4 is 39.2 Å². The molecule has 4 nitrogen and oxygen atoms in total. The predicted octanol–water partition coefficient (Wildman–Crippen LogP) is 2.84. The maximum absolute atomic E-state index is 12.5. The second-order valence-electron chi connectivity index (χ2n) is 6.18. The van der Waals surface area contributed by atoms with Gasteiger partial charge in [-0.15, -0.1) is 23.1 Å². The number of rotatable bonds is 3. The number of thiazole rings is 1. The fourth-order valence-corrected chi connectivity index (χ4v) is 5.53. The third kappa shape index (κ3) is 3.39. The van der Waals surface area contributed by atoms with E-state index in [1.54, 1.807) is 11.3 Å². The van der Waals surface area contributed by atoms with Crippen LogP contribution < -0.4 is 0 Å². The van der Waals surface area contributed by atoms with E-state index in [-0.39, 0.29) is 5.25 Å². The van der Waals surface area contributed by atoms with E-state index < -0.39 is 0 Å². The fourth-order valence-electron chi connectivity index (χ4n) is 3.28. The quantitative estimate of drug-likeness (QED) is 0.855. The van der Waals surface area contributed by atoms with Crippen LogP contribution in [0.5, 0.6) is 0 Å². The number of carbonyl (C=O) groups excluding carboxylic acids is 1. The molecule has 0 radical (unpaired) electrons. The van der Waals surface area contributed by atoms with Crippen molar-refractivity contribution in [3.8, 4) is 0 Å². The second kappa shape index (κ2) is 6.79. The van der Waals surface area contributed by atoms with Crippen LogP contribution in [-0.2, 0) is 11.3 Å². The SMILES string of the molecule is O=C([C@@H]1CCCS1)N1CCN(Cc2nc3ccccc3s2)CC1. The van der Waals surface area contributed by atoms with Gasteiger partial charge in [0.2, 0.25) is 5.91 Å². The minimum atomic E-state index is 0.228. The van der Waals surface area contributed by atoms with Crippen molar-refractivity contribution in [2.75, 3.05) is 31.9 Å². The number of amides is 1. The van der Waals surface area contributed by atoms with Crippen LogP contribution in [-0.4, -0.2) is 57.9 Å². The van der Waals surface area contributed by atoms with E-state index in [2.05, 4.69) is 28.0 Å². The Bertz CT molecular complexity index is 655. The number of hydrogen-bond donors (Lipinski definition) is 0. The second-order valence-corrected chi connectivity index (χ2v) is 8.60. The van der Waals surface area contributed by atoms with Gasteiger partial charge >= 0.3 is 0 Å². The zero-order valence-corrected chi connectivity index (χ0v) is 14.7. The van der Waals surface area contributed by atoms with Crippen molar-refractivity contribution in [3.05, 3.63) is 29.3 Å². The number of benzene rings is 1. The molecule has 6 heteroatoms. The van der Waals surface area contributed by atoms with Gasteiger partial charge in [-0.3, -0.25) is 9.69 Å². The minimum Gasteiger partial charge on any atom is -0.339 e. The number of aromatic nitrogens is 1. The molecule has 1 atom stereocenters. The number of nitrogens with zero attached hydrogens (tertiary/aromatic N) is 3. The van der Waals surface area contributed by atoms with Gasteiger partial charge in [0.05, 0.1) is 22.0 Å². The summed E-state index contributed by atoms with van der Waals surface area (Å²) < 4.78 is 1.26. The first kappa shape index (κ1) is 15.4. The number of para-hydroxylation sites is 1. The third-order valence-corrected chi connectivity index (χ3v) is 6.97. The standard InChI is InChI=1S/C17H21N3OS2/c21-17(15-6-3-11-22-15)20-9-7-19(8-10-20)12-16-18-13-4-1-2-5-14(13)23-16/h1-2,4-5,15H,3,6-12H2/t15-/m0/s1. The van der Waals surface area contributed by atoms with E-state index in [0.717, 1.165) is 50.4 Å². The van der Waals surface area contributed by atoms with Crippen LogP contribution in [0.1, 0.15) is 17.8 Å². The summed E-state index contributed by atoms with van der Waals surface area (Å²) >= 11 is 3.62. The zero-order valence-electron chi connectivity index (χ0n) is 13.1. The van der Waals surface area contributed by atoms with Gasteiger partial charge in [-0.2, -0.15) is 0 Å². The summed E-state index contributed by atoms with van der Waals surface area (Å²) in [5, 5.41) is 1.41. The topological polar surface area (TPSA) is 36.4 Å². The molecule has 3 heterocycles. The average molecular weight is 348 g/mol. The Hall–Kier alpha value is -1.11. The number of carbonyl (C=O) groups is 1. The van der Waals surface area contributed by atoms with Crippen molar-refractivity contribution in [2.24, 2.45) is 0 Å². The van der Waals surface area contributed by atoms with Crippen LogP contribution in [0.15, 0.2) is 24.3 Å². The summed E-state index contributed by atoms with van der Waals surface area (Å²) in [6, 6.07) is 8.31. The molecule has 1 aromatic carbocycles. The first-order valence-corrected chi connectivity index (χ1v) is 10.1. The molecule has 2 aromatic rings. The highest BCUT2D eigenvalue weighted by molar-refractivity contribution is 8.00. The Morgan fingerprint density at radius 2 is 2.04 bits per heavy atom. The largest absolute Gasteiger partial charge is 0.339 e. The lowest BCUT2D eigenvalue weighted by Crippen LogP contribution is -2.50. The summed E-state index contributed by atoms with van der Waals surface area (Å²) in [5.41, 5.74) is 1.10. The molecule has 2 saturated heterocycles. The Balaban J connectivity index is 1.33. The summed E-state index contributed by atoms with van der Waals surface area (Å²) in [5.74, 6) is 1.51. The molecule has 122 valence electrons. The summed E-state index contributed by atoms with van der Waals surface area (Å²) in [4.78, 5) is 21.7. The lowest BCUT2D eigenvalue weighted by Gasteiger charge is -2.35. The zero-order chi connectivity index (χ0) is 15.6. The molecular formula is C17H21N3OS2. The molecule has 1 amide bonds. The lowest BCUT2D eigenvalue weighted by atomic mass is 10.2. The van der Waals surface area contributed by atoms with E-state index in [0.29, 0.717) is 5.91 Å². The monoisotopic (exact) mass is 347 g/mol. The van der Waals surface area contributed by atoms with Crippen molar-refractivity contribution in [3.63, 3.8) is 0 Å². The van der Waals surface area contributed by atoms with Crippen molar-refractivity contribution in [2.45, 2.75) is 24.6 Å². The molecule has 2 aliphatic heterocycles. The first-order valence-electron chi connectivity index (χ1n) is 8.27. The van der Waals surface area contributed by atoms with E-state index in [1.165, 1.54) is 16.1 Å². The molecule has 0 unspecified atom stereocenters.